The normalized spacial score (nSPS) is 19.8. The lowest BCUT2D eigenvalue weighted by Gasteiger charge is -2.16. The molecule has 1 fully saturated rings. The highest BCUT2D eigenvalue weighted by Crippen LogP contribution is 2.25. The van der Waals surface area contributed by atoms with Crippen molar-refractivity contribution in [3.63, 3.8) is 0 Å². The number of primary sulfonamides is 1. The molecule has 1 aromatic rings. The highest BCUT2D eigenvalue weighted by Gasteiger charge is 2.30. The number of nitrogens with two attached hydrogens (primary N) is 2. The Morgan fingerprint density at radius 3 is 2.63 bits per heavy atom. The van der Waals surface area contributed by atoms with Crippen LogP contribution in [0, 0.1) is 0 Å². The van der Waals surface area contributed by atoms with Crippen LogP contribution >= 0.6 is 0 Å². The molecule has 2 rings (SSSR count). The van der Waals surface area contributed by atoms with Crippen LogP contribution < -0.4 is 16.2 Å². The van der Waals surface area contributed by atoms with Gasteiger partial charge in [-0.05, 0) is 24.6 Å². The summed E-state index contributed by atoms with van der Waals surface area (Å²) in [6.07, 6.45) is 0.615. The molecular weight excluding hydrogens is 268 g/mol. The minimum Gasteiger partial charge on any atom is -0.399 e. The van der Waals surface area contributed by atoms with E-state index in [-0.39, 0.29) is 10.8 Å². The molecule has 0 saturated carbocycles. The number of nitrogen functional groups attached to an aromatic ring is 1. The minimum atomic E-state index is -3.90. The number of likely N-dealkylation sites (tertiary alicyclic amines) is 1. The summed E-state index contributed by atoms with van der Waals surface area (Å²) in [6, 6.07) is 3.91. The number of benzene rings is 1. The smallest absolute Gasteiger partial charge is 0.244 e. The number of nitrogens with one attached hydrogen (secondary N) is 1. The van der Waals surface area contributed by atoms with Gasteiger partial charge in [0.2, 0.25) is 15.9 Å². The van der Waals surface area contributed by atoms with E-state index in [1.54, 1.807) is 18.0 Å². The Balaban J connectivity index is 2.33. The number of carbonyl (C=O) groups is 1. The third-order valence-corrected chi connectivity index (χ3v) is 4.02. The van der Waals surface area contributed by atoms with Crippen molar-refractivity contribution >= 4 is 27.3 Å². The first-order valence-corrected chi connectivity index (χ1v) is 7.27. The molecule has 0 radical (unpaired) electrons. The number of amides is 1. The first-order chi connectivity index (χ1) is 8.79. The fraction of sp³-hybridized carbons (Fsp3) is 0.364. The number of nitrogens with zero attached hydrogens (tertiary/aromatic N) is 1. The molecule has 0 aliphatic carbocycles. The van der Waals surface area contributed by atoms with Gasteiger partial charge in [0.05, 0.1) is 5.69 Å². The average molecular weight is 284 g/mol. The Morgan fingerprint density at radius 2 is 2.11 bits per heavy atom. The lowest BCUT2D eigenvalue weighted by atomic mass is 10.2. The topological polar surface area (TPSA) is 119 Å². The first kappa shape index (κ1) is 13.6. The molecule has 5 N–H and O–H groups in total. The number of hydrogen-bond donors (Lipinski definition) is 3. The zero-order chi connectivity index (χ0) is 14.2. The molecule has 0 aromatic heterocycles. The number of likely N-dealkylation sites (N-methyl/N-ethyl adjacent to an activating group) is 1. The second-order valence-electron chi connectivity index (χ2n) is 4.55. The summed E-state index contributed by atoms with van der Waals surface area (Å²) in [4.78, 5) is 13.3. The predicted octanol–water partition coefficient (Wildman–Crippen LogP) is -0.441. The molecule has 1 aliphatic heterocycles. The van der Waals surface area contributed by atoms with Gasteiger partial charge in [0.25, 0.3) is 0 Å². The third-order valence-electron chi connectivity index (χ3n) is 3.07. The van der Waals surface area contributed by atoms with Crippen molar-refractivity contribution in [3.05, 3.63) is 18.2 Å². The number of hydrogen-bond acceptors (Lipinski definition) is 5. The van der Waals surface area contributed by atoms with E-state index in [1.807, 2.05) is 0 Å². The predicted molar refractivity (Wildman–Crippen MR) is 71.9 cm³/mol. The lowest BCUT2D eigenvalue weighted by Crippen LogP contribution is -2.31. The molecule has 1 saturated heterocycles. The molecule has 0 bridgehead atoms. The van der Waals surface area contributed by atoms with E-state index < -0.39 is 16.1 Å². The van der Waals surface area contributed by atoms with Gasteiger partial charge in [0, 0.05) is 19.3 Å². The van der Waals surface area contributed by atoms with E-state index in [0.717, 1.165) is 0 Å². The van der Waals surface area contributed by atoms with E-state index >= 15 is 0 Å². The third kappa shape index (κ3) is 2.79. The number of rotatable bonds is 3. The molecule has 1 atom stereocenters. The van der Waals surface area contributed by atoms with Crippen LogP contribution in [0.25, 0.3) is 0 Å². The monoisotopic (exact) mass is 284 g/mol. The van der Waals surface area contributed by atoms with E-state index in [9.17, 15) is 13.2 Å². The van der Waals surface area contributed by atoms with Crippen molar-refractivity contribution in [1.29, 1.82) is 0 Å². The summed E-state index contributed by atoms with van der Waals surface area (Å²) in [5, 5.41) is 8.06. The van der Waals surface area contributed by atoms with E-state index in [0.29, 0.717) is 24.3 Å². The van der Waals surface area contributed by atoms with Gasteiger partial charge >= 0.3 is 0 Å². The molecule has 104 valence electrons. The van der Waals surface area contributed by atoms with Crippen LogP contribution in [0.4, 0.5) is 11.4 Å². The maximum Gasteiger partial charge on any atom is 0.244 e. The highest BCUT2D eigenvalue weighted by atomic mass is 32.2. The standard InChI is InChI=1S/C11H16N4O3S/c1-15-5-4-9(11(15)16)14-8-3-2-7(12)6-10(8)19(13,17)18/h2-3,6,9,14H,4-5,12H2,1H3,(H2,13,17,18). The molecular formula is C11H16N4O3S. The van der Waals surface area contributed by atoms with E-state index in [2.05, 4.69) is 5.32 Å². The number of sulfonamides is 1. The molecule has 8 heteroatoms. The number of anilines is 2. The minimum absolute atomic E-state index is 0.0720. The van der Waals surface area contributed by atoms with Gasteiger partial charge in [-0.15, -0.1) is 0 Å². The van der Waals surface area contributed by atoms with Crippen molar-refractivity contribution in [2.45, 2.75) is 17.4 Å². The summed E-state index contributed by atoms with van der Waals surface area (Å²) in [5.41, 5.74) is 6.15. The summed E-state index contributed by atoms with van der Waals surface area (Å²) in [6.45, 7) is 0.635. The largest absolute Gasteiger partial charge is 0.399 e. The van der Waals surface area contributed by atoms with Crippen molar-refractivity contribution in [2.24, 2.45) is 5.14 Å². The van der Waals surface area contributed by atoms with E-state index in [4.69, 9.17) is 10.9 Å². The summed E-state index contributed by atoms with van der Waals surface area (Å²) >= 11 is 0. The van der Waals surface area contributed by atoms with Gasteiger partial charge in [-0.1, -0.05) is 0 Å². The molecule has 1 aromatic carbocycles. The van der Waals surface area contributed by atoms with Crippen LogP contribution in [0.3, 0.4) is 0 Å². The fourth-order valence-corrected chi connectivity index (χ4v) is 2.77. The van der Waals surface area contributed by atoms with Crippen LogP contribution in [0.15, 0.2) is 23.1 Å². The van der Waals surface area contributed by atoms with Crippen molar-refractivity contribution < 1.29 is 13.2 Å². The molecule has 1 heterocycles. The first-order valence-electron chi connectivity index (χ1n) is 5.73. The van der Waals surface area contributed by atoms with Gasteiger partial charge in [0.1, 0.15) is 10.9 Å². The highest BCUT2D eigenvalue weighted by molar-refractivity contribution is 7.89. The second-order valence-corrected chi connectivity index (χ2v) is 6.08. The zero-order valence-electron chi connectivity index (χ0n) is 10.5. The van der Waals surface area contributed by atoms with Crippen molar-refractivity contribution in [3.8, 4) is 0 Å². The Hall–Kier alpha value is -1.80. The van der Waals surface area contributed by atoms with Crippen molar-refractivity contribution in [1.82, 2.24) is 4.90 Å². The summed E-state index contributed by atoms with van der Waals surface area (Å²) in [5.74, 6) is -0.0720. The Morgan fingerprint density at radius 1 is 1.42 bits per heavy atom. The van der Waals surface area contributed by atoms with Crippen molar-refractivity contribution in [2.75, 3.05) is 24.6 Å². The number of carbonyl (C=O) groups excluding carboxylic acids is 1. The molecule has 19 heavy (non-hydrogen) atoms. The quantitative estimate of drug-likeness (QED) is 0.650. The van der Waals surface area contributed by atoms with Crippen LogP contribution in [0.2, 0.25) is 0 Å². The maximum atomic E-state index is 11.8. The molecule has 7 nitrogen and oxygen atoms in total. The SMILES string of the molecule is CN1CCC(Nc2ccc(N)cc2S(N)(=O)=O)C1=O. The summed E-state index contributed by atoms with van der Waals surface area (Å²) < 4.78 is 23.0. The van der Waals surface area contributed by atoms with Gasteiger partial charge < -0.3 is 16.0 Å². The van der Waals surface area contributed by atoms with Crippen LogP contribution in [-0.2, 0) is 14.8 Å². The van der Waals surface area contributed by atoms with Gasteiger partial charge in [-0.25, -0.2) is 13.6 Å². The zero-order valence-corrected chi connectivity index (χ0v) is 11.3. The molecule has 0 spiro atoms. The average Bonchev–Trinajstić information content (AvgIpc) is 2.62. The molecule has 1 aliphatic rings. The van der Waals surface area contributed by atoms with E-state index in [1.165, 1.54) is 12.1 Å². The summed E-state index contributed by atoms with van der Waals surface area (Å²) in [7, 11) is -2.19. The fourth-order valence-electron chi connectivity index (χ4n) is 2.04. The maximum absolute atomic E-state index is 11.8. The van der Waals surface area contributed by atoms with Gasteiger partial charge in [-0.2, -0.15) is 0 Å². The van der Waals surface area contributed by atoms with Gasteiger partial charge in [0.15, 0.2) is 0 Å². The Bertz CT molecular complexity index is 614. The lowest BCUT2D eigenvalue weighted by molar-refractivity contribution is -0.127. The Labute approximate surface area is 111 Å². The Kier molecular flexibility index (Phi) is 3.38. The second kappa shape index (κ2) is 4.71. The van der Waals surface area contributed by atoms with Crippen LogP contribution in [-0.4, -0.2) is 38.9 Å². The molecule has 1 unspecified atom stereocenters. The molecule has 1 amide bonds. The van der Waals surface area contributed by atoms with Gasteiger partial charge in [-0.3, -0.25) is 4.79 Å². The van der Waals surface area contributed by atoms with Crippen LogP contribution in [0.1, 0.15) is 6.42 Å². The van der Waals surface area contributed by atoms with Crippen LogP contribution in [0.5, 0.6) is 0 Å².